The summed E-state index contributed by atoms with van der Waals surface area (Å²) in [6.45, 7) is 12.2. The van der Waals surface area contributed by atoms with Crippen molar-refractivity contribution in [2.24, 2.45) is 7.05 Å². The lowest BCUT2D eigenvalue weighted by Crippen LogP contribution is -2.10. The van der Waals surface area contributed by atoms with Crippen molar-refractivity contribution >= 4 is 51.5 Å². The zero-order valence-corrected chi connectivity index (χ0v) is 36.9. The standard InChI is InChI=1S/C55H44N3P.C3H6.CH4/c1-55(2,3)44-27-30-52-49(35-44)48-33-41(42-25-28-47-46-23-11-12-24-50(46)57(53(47)34-42)45-21-9-6-10-22-45)26-29-51(48)58(52)59-54(36-56(59)4)43-20-14-19-40(32-43)39-18-13-17-38(31-39)37-15-7-5-8-16-37;1-3-2;/h5-36H,1-4H3;3H,1H2,2H3;1H4. The molecule has 3 aromatic heterocycles. The molecule has 0 spiro atoms. The molecule has 0 radical (unpaired) electrons. The van der Waals surface area contributed by atoms with Crippen LogP contribution in [0.25, 0.3) is 93.5 Å². The van der Waals surface area contributed by atoms with Crippen LogP contribution in [0, 0.1) is 0 Å². The molecule has 0 fully saturated rings. The molecule has 0 bridgehead atoms. The van der Waals surface area contributed by atoms with Crippen LogP contribution >= 0.6 is 7.84 Å². The highest BCUT2D eigenvalue weighted by atomic mass is 31.1. The van der Waals surface area contributed by atoms with Gasteiger partial charge in [-0.15, -0.1) is 6.58 Å². The average molecular weight is 836 g/mol. The molecule has 0 aliphatic rings. The normalized spacial score (nSPS) is 11.8. The van der Waals surface area contributed by atoms with Gasteiger partial charge in [0, 0.05) is 40.5 Å². The molecule has 0 amide bonds. The van der Waals surface area contributed by atoms with Crippen LogP contribution in [0.15, 0.2) is 207 Å². The molecule has 0 aliphatic carbocycles. The summed E-state index contributed by atoms with van der Waals surface area (Å²) < 4.78 is 7.46. The van der Waals surface area contributed by atoms with Crippen LogP contribution < -0.4 is 0 Å². The van der Waals surface area contributed by atoms with E-state index in [1.54, 1.807) is 6.08 Å². The minimum atomic E-state index is -0.839. The lowest BCUT2D eigenvalue weighted by Gasteiger charge is -2.24. The highest BCUT2D eigenvalue weighted by Gasteiger charge is 2.23. The van der Waals surface area contributed by atoms with Gasteiger partial charge in [0.25, 0.3) is 0 Å². The fourth-order valence-electron chi connectivity index (χ4n) is 9.06. The first-order chi connectivity index (χ1) is 30.2. The van der Waals surface area contributed by atoms with E-state index in [9.17, 15) is 0 Å². The van der Waals surface area contributed by atoms with Gasteiger partial charge in [0.15, 0.2) is 0 Å². The van der Waals surface area contributed by atoms with E-state index in [0.717, 1.165) is 0 Å². The minimum absolute atomic E-state index is 0. The van der Waals surface area contributed by atoms with Crippen LogP contribution in [-0.2, 0) is 12.5 Å². The second-order valence-electron chi connectivity index (χ2n) is 17.3. The van der Waals surface area contributed by atoms with Crippen molar-refractivity contribution in [1.29, 1.82) is 0 Å². The molecule has 3 nitrogen and oxygen atoms in total. The lowest BCUT2D eigenvalue weighted by atomic mass is 9.86. The minimum Gasteiger partial charge on any atom is -0.324 e. The molecule has 11 rings (SSSR count). The molecule has 3 heterocycles. The van der Waals surface area contributed by atoms with Crippen molar-refractivity contribution in [3.05, 3.63) is 212 Å². The summed E-state index contributed by atoms with van der Waals surface area (Å²) in [7, 11) is 1.40. The summed E-state index contributed by atoms with van der Waals surface area (Å²) >= 11 is 0. The van der Waals surface area contributed by atoms with Gasteiger partial charge in [-0.3, -0.25) is 4.34 Å². The summed E-state index contributed by atoms with van der Waals surface area (Å²) in [5.74, 6) is 0. The maximum absolute atomic E-state index is 3.36. The van der Waals surface area contributed by atoms with Gasteiger partial charge in [-0.2, -0.15) is 0 Å². The van der Waals surface area contributed by atoms with E-state index >= 15 is 0 Å². The van der Waals surface area contributed by atoms with Crippen molar-refractivity contribution in [1.82, 2.24) is 13.2 Å². The number of hydrogen-bond acceptors (Lipinski definition) is 0. The number of rotatable bonds is 6. The first kappa shape index (κ1) is 41.3. The van der Waals surface area contributed by atoms with Crippen LogP contribution in [0.1, 0.15) is 40.7 Å². The van der Waals surface area contributed by atoms with Gasteiger partial charge in [0.2, 0.25) is 0 Å². The van der Waals surface area contributed by atoms with Crippen molar-refractivity contribution in [2.75, 3.05) is 0 Å². The molecule has 0 aliphatic heterocycles. The van der Waals surface area contributed by atoms with Gasteiger partial charge in [-0.05, 0) is 118 Å². The van der Waals surface area contributed by atoms with Crippen LogP contribution in [-0.4, -0.2) is 13.2 Å². The van der Waals surface area contributed by atoms with E-state index in [2.05, 4.69) is 242 Å². The Morgan fingerprint density at radius 1 is 0.460 bits per heavy atom. The van der Waals surface area contributed by atoms with E-state index in [4.69, 9.17) is 0 Å². The number of allylic oxidation sites excluding steroid dienone is 1. The van der Waals surface area contributed by atoms with E-state index in [1.807, 2.05) is 6.92 Å². The van der Waals surface area contributed by atoms with Gasteiger partial charge in [0.1, 0.15) is 0 Å². The van der Waals surface area contributed by atoms with Crippen molar-refractivity contribution < 1.29 is 0 Å². The van der Waals surface area contributed by atoms with Crippen molar-refractivity contribution in [2.45, 2.75) is 40.5 Å². The number of benzene rings is 8. The Kier molecular flexibility index (Phi) is 10.9. The predicted molar refractivity (Wildman–Crippen MR) is 276 cm³/mol. The zero-order chi connectivity index (χ0) is 42.5. The number of fused-ring (bicyclic) bond motifs is 6. The zero-order valence-electron chi connectivity index (χ0n) is 36.0. The second-order valence-corrected chi connectivity index (χ2v) is 19.4. The quantitative estimate of drug-likeness (QED) is 0.148. The third kappa shape index (κ3) is 7.33. The molecule has 0 N–H and O–H groups in total. The third-order valence-corrected chi connectivity index (χ3v) is 14.4. The van der Waals surface area contributed by atoms with Crippen molar-refractivity contribution in [3.63, 3.8) is 0 Å². The molecule has 0 saturated carbocycles. The maximum Gasteiger partial charge on any atom is 0.0650 e. The number of aryl methyl sites for hydroxylation is 1. The Hall–Kier alpha value is -7.06. The Morgan fingerprint density at radius 2 is 0.968 bits per heavy atom. The van der Waals surface area contributed by atoms with E-state index in [0.29, 0.717) is 0 Å². The van der Waals surface area contributed by atoms with Gasteiger partial charge in [-0.1, -0.05) is 162 Å². The first-order valence-electron chi connectivity index (χ1n) is 21.5. The Morgan fingerprint density at radius 3 is 1.65 bits per heavy atom. The average Bonchev–Trinajstić information content (AvgIpc) is 3.80. The monoisotopic (exact) mass is 835 g/mol. The fraction of sp³-hybridized carbons (Fsp3) is 0.119. The second kappa shape index (κ2) is 16.7. The summed E-state index contributed by atoms with van der Waals surface area (Å²) in [6, 6.07) is 69.5. The van der Waals surface area contributed by atoms with Gasteiger partial charge in [-0.25, -0.2) is 0 Å². The topological polar surface area (TPSA) is 14.8 Å². The molecule has 1 unspecified atom stereocenters. The predicted octanol–water partition coefficient (Wildman–Crippen LogP) is 17.3. The molecule has 11 aromatic rings. The molecule has 63 heavy (non-hydrogen) atoms. The summed E-state index contributed by atoms with van der Waals surface area (Å²) in [5, 5.41) is 6.52. The van der Waals surface area contributed by atoms with Crippen LogP contribution in [0.3, 0.4) is 0 Å². The van der Waals surface area contributed by atoms with Gasteiger partial charge >= 0.3 is 0 Å². The number of hydrogen-bond donors (Lipinski definition) is 0. The molecular formula is C59H54N3P. The Labute approximate surface area is 373 Å². The smallest absolute Gasteiger partial charge is 0.0650 e. The number of aromatic nitrogens is 3. The Bertz CT molecular complexity index is 3420. The summed E-state index contributed by atoms with van der Waals surface area (Å²) in [5.41, 5.74) is 16.2. The maximum atomic E-state index is 3.36. The molecule has 8 aromatic carbocycles. The first-order valence-corrected chi connectivity index (χ1v) is 22.7. The van der Waals surface area contributed by atoms with Crippen molar-refractivity contribution in [3.8, 4) is 49.9 Å². The SMILES string of the molecule is C.C=CC.Cn1cc(-c2cccc(-c3cccc(-c4ccccc4)c3)c2)p1-n1c2ccc(-c3ccc4c5ccccc5n(-c5ccccc5)c4c3)cc2c2cc(C(C)(C)C)ccc21. The Balaban J connectivity index is 0.00000123. The molecule has 1 atom stereocenters. The highest BCUT2D eigenvalue weighted by molar-refractivity contribution is 7.49. The highest BCUT2D eigenvalue weighted by Crippen LogP contribution is 2.51. The summed E-state index contributed by atoms with van der Waals surface area (Å²) in [6.07, 6.45) is 4.09. The lowest BCUT2D eigenvalue weighted by molar-refractivity contribution is 0.591. The van der Waals surface area contributed by atoms with Gasteiger partial charge in [0.05, 0.1) is 35.2 Å². The van der Waals surface area contributed by atoms with Gasteiger partial charge < -0.3 is 8.90 Å². The third-order valence-electron chi connectivity index (χ3n) is 12.1. The van der Waals surface area contributed by atoms with E-state index in [1.165, 1.54) is 99.1 Å². The largest absolute Gasteiger partial charge is 0.324 e. The summed E-state index contributed by atoms with van der Waals surface area (Å²) in [4.78, 5) is 0. The van der Waals surface area contributed by atoms with Crippen LogP contribution in [0.5, 0.6) is 0 Å². The van der Waals surface area contributed by atoms with E-state index < -0.39 is 7.84 Å². The van der Waals surface area contributed by atoms with E-state index in [-0.39, 0.29) is 12.8 Å². The molecule has 4 heteroatoms. The molecule has 0 saturated heterocycles. The van der Waals surface area contributed by atoms with Crippen LogP contribution in [0.4, 0.5) is 0 Å². The number of nitrogens with zero attached hydrogens (tertiary/aromatic N) is 3. The van der Waals surface area contributed by atoms with Crippen LogP contribution in [0.2, 0.25) is 0 Å². The molecular weight excluding hydrogens is 782 g/mol. The molecule has 310 valence electrons. The number of para-hydroxylation sites is 2. The fourth-order valence-corrected chi connectivity index (χ4v) is 11.4.